The summed E-state index contributed by atoms with van der Waals surface area (Å²) in [6.07, 6.45) is -0.484. The van der Waals surface area contributed by atoms with Crippen LogP contribution in [0, 0.1) is 5.92 Å². The van der Waals surface area contributed by atoms with Crippen LogP contribution < -0.4 is 5.32 Å². The average molecular weight is 450 g/mol. The third-order valence-corrected chi connectivity index (χ3v) is 6.83. The van der Waals surface area contributed by atoms with Gasteiger partial charge in [-0.25, -0.2) is 4.79 Å². The molecular weight excluding hydrogens is 424 g/mol. The molecule has 2 saturated heterocycles. The third kappa shape index (κ3) is 4.06. The molecule has 3 atom stereocenters. The molecule has 1 aliphatic carbocycles. The van der Waals surface area contributed by atoms with Crippen molar-refractivity contribution in [2.45, 2.75) is 30.9 Å². The van der Waals surface area contributed by atoms with Gasteiger partial charge in [0.2, 0.25) is 0 Å². The summed E-state index contributed by atoms with van der Waals surface area (Å²) in [4.78, 5) is 38.2. The zero-order valence-corrected chi connectivity index (χ0v) is 18.1. The number of benzene rings is 2. The van der Waals surface area contributed by atoms with E-state index in [-0.39, 0.29) is 25.0 Å². The molecule has 2 aliphatic heterocycles. The number of nitrogens with one attached hydrogen (secondary N) is 1. The van der Waals surface area contributed by atoms with E-state index in [1.165, 1.54) is 4.90 Å². The summed E-state index contributed by atoms with van der Waals surface area (Å²) in [7, 11) is 0. The minimum Gasteiger partial charge on any atom is -0.481 e. The van der Waals surface area contributed by atoms with E-state index in [1.54, 1.807) is 0 Å². The number of likely N-dealkylation sites (tertiary alicyclic amines) is 1. The second-order valence-electron chi connectivity index (χ2n) is 8.76. The Morgan fingerprint density at radius 1 is 1.03 bits per heavy atom. The van der Waals surface area contributed by atoms with Crippen molar-refractivity contribution in [1.29, 1.82) is 0 Å². The van der Waals surface area contributed by atoms with E-state index in [2.05, 4.69) is 29.6 Å². The largest absolute Gasteiger partial charge is 0.481 e. The molecular formula is C25H26N2O6. The molecule has 3 aliphatic rings. The summed E-state index contributed by atoms with van der Waals surface area (Å²) in [6.45, 7) is 1.10. The van der Waals surface area contributed by atoms with Crippen LogP contribution in [-0.4, -0.2) is 66.4 Å². The molecule has 2 aromatic rings. The van der Waals surface area contributed by atoms with E-state index in [9.17, 15) is 19.5 Å². The molecule has 0 bridgehead atoms. The predicted octanol–water partition coefficient (Wildman–Crippen LogP) is 2.62. The van der Waals surface area contributed by atoms with E-state index in [1.807, 2.05) is 24.3 Å². The van der Waals surface area contributed by atoms with Gasteiger partial charge in [0.25, 0.3) is 5.91 Å². The van der Waals surface area contributed by atoms with Gasteiger partial charge >= 0.3 is 12.1 Å². The molecule has 3 unspecified atom stereocenters. The third-order valence-electron chi connectivity index (χ3n) is 6.83. The second kappa shape index (κ2) is 8.86. The lowest BCUT2D eigenvalue weighted by Gasteiger charge is -2.24. The van der Waals surface area contributed by atoms with Crippen LogP contribution in [0.2, 0.25) is 0 Å². The van der Waals surface area contributed by atoms with Gasteiger partial charge in [-0.15, -0.1) is 0 Å². The molecule has 2 fully saturated rings. The summed E-state index contributed by atoms with van der Waals surface area (Å²) < 4.78 is 11.2. The maximum absolute atomic E-state index is 12.9. The highest BCUT2D eigenvalue weighted by Crippen LogP contribution is 2.44. The Morgan fingerprint density at radius 2 is 1.70 bits per heavy atom. The maximum Gasteiger partial charge on any atom is 0.407 e. The Bertz CT molecular complexity index is 1040. The van der Waals surface area contributed by atoms with E-state index in [4.69, 9.17) is 9.47 Å². The summed E-state index contributed by atoms with van der Waals surface area (Å²) in [5.41, 5.74) is 4.57. The first-order valence-electron chi connectivity index (χ1n) is 11.3. The van der Waals surface area contributed by atoms with Crippen LogP contribution in [-0.2, 0) is 19.1 Å². The molecule has 2 aromatic carbocycles. The van der Waals surface area contributed by atoms with Gasteiger partial charge in [-0.1, -0.05) is 48.5 Å². The lowest BCUT2D eigenvalue weighted by Crippen LogP contribution is -2.49. The number of ether oxygens (including phenoxy) is 2. The number of alkyl carbamates (subject to hydrolysis) is 1. The standard InChI is InChI=1S/C25H26N2O6/c28-23(27-11-9-15(13-27)24(29)30)22-21(10-12-32-22)26-25(31)33-14-20-18-7-3-1-5-16(18)17-6-2-4-8-19(17)20/h1-8,15,20-22H,9-14H2,(H,26,31)(H,29,30). The van der Waals surface area contributed by atoms with Crippen LogP contribution >= 0.6 is 0 Å². The van der Waals surface area contributed by atoms with Gasteiger partial charge in [0.15, 0.2) is 6.10 Å². The van der Waals surface area contributed by atoms with E-state index >= 15 is 0 Å². The Labute approximate surface area is 191 Å². The number of hydrogen-bond donors (Lipinski definition) is 2. The first kappa shape index (κ1) is 21.5. The Balaban J connectivity index is 1.20. The number of carboxylic acid groups (broad SMARTS) is 1. The van der Waals surface area contributed by atoms with Gasteiger partial charge in [-0.3, -0.25) is 9.59 Å². The zero-order chi connectivity index (χ0) is 22.9. The molecule has 172 valence electrons. The quantitative estimate of drug-likeness (QED) is 0.726. The number of amides is 2. The molecule has 0 spiro atoms. The van der Waals surface area contributed by atoms with E-state index < -0.39 is 30.1 Å². The zero-order valence-electron chi connectivity index (χ0n) is 18.1. The lowest BCUT2D eigenvalue weighted by molar-refractivity contribution is -0.143. The van der Waals surface area contributed by atoms with Gasteiger partial charge in [-0.2, -0.15) is 0 Å². The Hall–Kier alpha value is -3.39. The number of carbonyl (C=O) groups is 3. The highest BCUT2D eigenvalue weighted by molar-refractivity contribution is 5.84. The van der Waals surface area contributed by atoms with Crippen molar-refractivity contribution in [2.75, 3.05) is 26.3 Å². The van der Waals surface area contributed by atoms with Crippen molar-refractivity contribution < 1.29 is 29.0 Å². The molecule has 33 heavy (non-hydrogen) atoms. The maximum atomic E-state index is 12.9. The summed E-state index contributed by atoms with van der Waals surface area (Å²) in [6, 6.07) is 15.7. The molecule has 5 rings (SSSR count). The van der Waals surface area contributed by atoms with E-state index in [0.717, 1.165) is 22.3 Å². The van der Waals surface area contributed by atoms with Crippen LogP contribution in [0.5, 0.6) is 0 Å². The number of hydrogen-bond acceptors (Lipinski definition) is 5. The fourth-order valence-electron chi connectivity index (χ4n) is 5.11. The topological polar surface area (TPSA) is 105 Å². The number of carboxylic acids is 1. The second-order valence-corrected chi connectivity index (χ2v) is 8.76. The van der Waals surface area contributed by atoms with Gasteiger partial charge < -0.3 is 24.8 Å². The first-order valence-corrected chi connectivity index (χ1v) is 11.3. The van der Waals surface area contributed by atoms with Gasteiger partial charge in [0, 0.05) is 25.6 Å². The molecule has 8 heteroatoms. The number of fused-ring (bicyclic) bond motifs is 3. The van der Waals surface area contributed by atoms with Gasteiger partial charge in [0.05, 0.1) is 12.0 Å². The van der Waals surface area contributed by atoms with Crippen LogP contribution in [0.15, 0.2) is 48.5 Å². The van der Waals surface area contributed by atoms with Crippen LogP contribution in [0.25, 0.3) is 11.1 Å². The molecule has 2 N–H and O–H groups in total. The summed E-state index contributed by atoms with van der Waals surface area (Å²) in [5, 5.41) is 12.0. The minimum atomic E-state index is -0.897. The monoisotopic (exact) mass is 450 g/mol. The molecule has 0 saturated carbocycles. The fourth-order valence-corrected chi connectivity index (χ4v) is 5.11. The lowest BCUT2D eigenvalue weighted by atomic mass is 9.98. The van der Waals surface area contributed by atoms with Crippen molar-refractivity contribution >= 4 is 18.0 Å². The number of carbonyl (C=O) groups excluding carboxylic acids is 2. The smallest absolute Gasteiger partial charge is 0.407 e. The first-order chi connectivity index (χ1) is 16.0. The minimum absolute atomic E-state index is 0.0436. The summed E-state index contributed by atoms with van der Waals surface area (Å²) >= 11 is 0. The molecule has 2 amide bonds. The highest BCUT2D eigenvalue weighted by atomic mass is 16.6. The van der Waals surface area contributed by atoms with Gasteiger partial charge in [-0.05, 0) is 35.1 Å². The predicted molar refractivity (Wildman–Crippen MR) is 119 cm³/mol. The molecule has 8 nitrogen and oxygen atoms in total. The van der Waals surface area contributed by atoms with Crippen LogP contribution in [0.1, 0.15) is 29.9 Å². The number of rotatable bonds is 5. The highest BCUT2D eigenvalue weighted by Gasteiger charge is 2.41. The van der Waals surface area contributed by atoms with Crippen molar-refractivity contribution in [2.24, 2.45) is 5.92 Å². The number of aliphatic carboxylic acids is 1. The Morgan fingerprint density at radius 3 is 2.33 bits per heavy atom. The van der Waals surface area contributed by atoms with Crippen LogP contribution in [0.4, 0.5) is 4.79 Å². The molecule has 2 heterocycles. The van der Waals surface area contributed by atoms with Crippen molar-refractivity contribution in [3.63, 3.8) is 0 Å². The SMILES string of the molecule is O=C(NC1CCOC1C(=O)N1CCC(C(=O)O)C1)OCC1c2ccccc2-c2ccccc21. The Kier molecular flexibility index (Phi) is 5.76. The molecule has 0 radical (unpaired) electrons. The summed E-state index contributed by atoms with van der Waals surface area (Å²) in [5.74, 6) is -1.77. The molecule has 0 aromatic heterocycles. The number of nitrogens with zero attached hydrogens (tertiary/aromatic N) is 1. The van der Waals surface area contributed by atoms with Crippen LogP contribution in [0.3, 0.4) is 0 Å². The fraction of sp³-hybridized carbons (Fsp3) is 0.400. The van der Waals surface area contributed by atoms with Crippen molar-refractivity contribution in [3.05, 3.63) is 59.7 Å². The average Bonchev–Trinajstić information content (AvgIpc) is 3.55. The normalized spacial score (nSPS) is 23.8. The van der Waals surface area contributed by atoms with Gasteiger partial charge in [0.1, 0.15) is 6.61 Å². The van der Waals surface area contributed by atoms with Crippen molar-refractivity contribution in [1.82, 2.24) is 10.2 Å². The van der Waals surface area contributed by atoms with Crippen molar-refractivity contribution in [3.8, 4) is 11.1 Å². The van der Waals surface area contributed by atoms with E-state index in [0.29, 0.717) is 26.0 Å².